The monoisotopic (exact) mass is 314 g/mol. The minimum absolute atomic E-state index is 0.250. The van der Waals surface area contributed by atoms with Crippen LogP contribution in [0.25, 0.3) is 11.3 Å². The molecule has 22 heavy (non-hydrogen) atoms. The Balaban J connectivity index is 0.000000745. The summed E-state index contributed by atoms with van der Waals surface area (Å²) in [4.78, 5) is 8.36. The number of aromatic nitrogens is 2. The Morgan fingerprint density at radius 2 is 1.73 bits per heavy atom. The van der Waals surface area contributed by atoms with Crippen molar-refractivity contribution < 1.29 is 27.8 Å². The van der Waals surface area contributed by atoms with E-state index in [2.05, 4.69) is 14.9 Å². The molecule has 118 valence electrons. The van der Waals surface area contributed by atoms with E-state index in [-0.39, 0.29) is 12.2 Å². The lowest BCUT2D eigenvalue weighted by Gasteiger charge is -2.10. The molecule has 0 spiro atoms. The number of carbonyl (C=O) groups is 1. The van der Waals surface area contributed by atoms with Gasteiger partial charge in [0, 0.05) is 5.56 Å². The van der Waals surface area contributed by atoms with Crippen molar-refractivity contribution in [3.63, 3.8) is 0 Å². The van der Waals surface area contributed by atoms with Gasteiger partial charge in [-0.3, -0.25) is 4.79 Å². The first kappa shape index (κ1) is 17.4. The summed E-state index contributed by atoms with van der Waals surface area (Å²) in [5.41, 5.74) is 3.27. The van der Waals surface area contributed by atoms with Crippen LogP contribution in [0.4, 0.5) is 13.2 Å². The van der Waals surface area contributed by atoms with Crippen molar-refractivity contribution in [3.8, 4) is 17.0 Å². The number of alkyl halides is 3. The maximum absolute atomic E-state index is 12.0. The van der Waals surface area contributed by atoms with Gasteiger partial charge in [0.1, 0.15) is 5.75 Å². The van der Waals surface area contributed by atoms with E-state index in [1.165, 1.54) is 24.3 Å². The maximum atomic E-state index is 12.0. The molecule has 1 heterocycles. The highest BCUT2D eigenvalue weighted by atomic mass is 19.4. The van der Waals surface area contributed by atoms with Crippen molar-refractivity contribution in [2.45, 2.75) is 20.2 Å². The third-order valence-corrected chi connectivity index (χ3v) is 2.72. The van der Waals surface area contributed by atoms with Crippen molar-refractivity contribution in [2.24, 2.45) is 0 Å². The number of hydrogen-bond donors (Lipinski definition) is 1. The van der Waals surface area contributed by atoms with Crippen LogP contribution in [0.2, 0.25) is 0 Å². The van der Waals surface area contributed by atoms with E-state index in [1.807, 2.05) is 13.8 Å². The summed E-state index contributed by atoms with van der Waals surface area (Å²) in [5.74, 6) is -0.255. The normalized spacial score (nSPS) is 10.4. The molecule has 8 heteroatoms. The van der Waals surface area contributed by atoms with E-state index in [1.54, 1.807) is 6.20 Å². The largest absolute Gasteiger partial charge is 0.573 e. The fourth-order valence-electron chi connectivity index (χ4n) is 1.62. The molecule has 0 aliphatic rings. The quantitative estimate of drug-likeness (QED) is 0.861. The summed E-state index contributed by atoms with van der Waals surface area (Å²) >= 11 is 0. The van der Waals surface area contributed by atoms with Gasteiger partial charge in [0.2, 0.25) is 0 Å². The van der Waals surface area contributed by atoms with Crippen LogP contribution in [-0.4, -0.2) is 28.1 Å². The molecule has 2 aromatic rings. The van der Waals surface area contributed by atoms with Crippen LogP contribution in [0.3, 0.4) is 0 Å². The van der Waals surface area contributed by atoms with Gasteiger partial charge in [-0.25, -0.2) is 0 Å². The molecule has 0 aliphatic heterocycles. The summed E-state index contributed by atoms with van der Waals surface area (Å²) in [6.45, 7) is 3.54. The van der Waals surface area contributed by atoms with Crippen molar-refractivity contribution in [1.29, 1.82) is 0 Å². The molecule has 5 nitrogen and oxygen atoms in total. The van der Waals surface area contributed by atoms with E-state index < -0.39 is 6.36 Å². The molecule has 1 aromatic carbocycles. The SMILES string of the molecule is Cc1cnnc(-c2ccc(OC(F)(F)F)cc2)c1C.O=CO. The molecule has 0 radical (unpaired) electrons. The first-order valence-electron chi connectivity index (χ1n) is 6.01. The zero-order chi connectivity index (χ0) is 16.8. The Morgan fingerprint density at radius 1 is 1.18 bits per heavy atom. The number of ether oxygens (including phenoxy) is 1. The van der Waals surface area contributed by atoms with Gasteiger partial charge in [-0.2, -0.15) is 10.2 Å². The summed E-state index contributed by atoms with van der Waals surface area (Å²) in [6, 6.07) is 5.56. The van der Waals surface area contributed by atoms with Gasteiger partial charge in [-0.05, 0) is 49.2 Å². The van der Waals surface area contributed by atoms with Crippen molar-refractivity contribution in [3.05, 3.63) is 41.6 Å². The van der Waals surface area contributed by atoms with Gasteiger partial charge in [-0.15, -0.1) is 13.2 Å². The highest BCUT2D eigenvalue weighted by Gasteiger charge is 2.30. The standard InChI is InChI=1S/C13H11F3N2O.CH2O2/c1-8-7-17-18-12(9(8)2)10-3-5-11(6-4-10)19-13(14,15)16;2-1-3/h3-7H,1-2H3;1H,(H,2,3). The van der Waals surface area contributed by atoms with Gasteiger partial charge in [-0.1, -0.05) is 0 Å². The van der Waals surface area contributed by atoms with Crippen LogP contribution in [0.1, 0.15) is 11.1 Å². The Hall–Kier alpha value is -2.64. The first-order valence-corrected chi connectivity index (χ1v) is 6.01. The molecule has 1 N–H and O–H groups in total. The van der Waals surface area contributed by atoms with Gasteiger partial charge in [0.05, 0.1) is 11.9 Å². The molecule has 0 amide bonds. The molecule has 0 saturated carbocycles. The highest BCUT2D eigenvalue weighted by molar-refractivity contribution is 5.64. The average molecular weight is 314 g/mol. The third-order valence-electron chi connectivity index (χ3n) is 2.72. The number of nitrogens with zero attached hydrogens (tertiary/aromatic N) is 2. The molecular weight excluding hydrogens is 301 g/mol. The molecule has 0 fully saturated rings. The van der Waals surface area contributed by atoms with E-state index >= 15 is 0 Å². The van der Waals surface area contributed by atoms with Crippen LogP contribution in [0.5, 0.6) is 5.75 Å². The minimum atomic E-state index is -4.68. The van der Waals surface area contributed by atoms with Gasteiger partial charge in [0.25, 0.3) is 6.47 Å². The van der Waals surface area contributed by atoms with E-state index in [9.17, 15) is 13.2 Å². The average Bonchev–Trinajstić information content (AvgIpc) is 2.42. The van der Waals surface area contributed by atoms with Crippen LogP contribution >= 0.6 is 0 Å². The van der Waals surface area contributed by atoms with Crippen molar-refractivity contribution >= 4 is 6.47 Å². The van der Waals surface area contributed by atoms with Crippen molar-refractivity contribution in [1.82, 2.24) is 10.2 Å². The topological polar surface area (TPSA) is 72.3 Å². The lowest BCUT2D eigenvalue weighted by atomic mass is 10.0. The number of aryl methyl sites for hydroxylation is 1. The number of carboxylic acid groups (broad SMARTS) is 1. The number of benzene rings is 1. The Morgan fingerprint density at radius 3 is 2.23 bits per heavy atom. The molecule has 0 aliphatic carbocycles. The number of rotatable bonds is 2. The molecule has 0 bridgehead atoms. The molecule has 1 aromatic heterocycles. The van der Waals surface area contributed by atoms with E-state index in [0.717, 1.165) is 11.1 Å². The van der Waals surface area contributed by atoms with Gasteiger partial charge >= 0.3 is 6.36 Å². The lowest BCUT2D eigenvalue weighted by Crippen LogP contribution is -2.16. The minimum Gasteiger partial charge on any atom is -0.483 e. The summed E-state index contributed by atoms with van der Waals surface area (Å²) in [7, 11) is 0. The molecule has 0 atom stereocenters. The smallest absolute Gasteiger partial charge is 0.483 e. The fourth-order valence-corrected chi connectivity index (χ4v) is 1.62. The summed E-state index contributed by atoms with van der Waals surface area (Å²) in [5, 5.41) is 14.7. The Labute approximate surface area is 124 Å². The summed E-state index contributed by atoms with van der Waals surface area (Å²) in [6.07, 6.45) is -3.04. The zero-order valence-electron chi connectivity index (χ0n) is 11.8. The predicted molar refractivity (Wildman–Crippen MR) is 72.3 cm³/mol. The highest BCUT2D eigenvalue weighted by Crippen LogP contribution is 2.27. The van der Waals surface area contributed by atoms with E-state index in [0.29, 0.717) is 11.3 Å². The third kappa shape index (κ3) is 5.04. The lowest BCUT2D eigenvalue weighted by molar-refractivity contribution is -0.274. The van der Waals surface area contributed by atoms with E-state index in [4.69, 9.17) is 9.90 Å². The van der Waals surface area contributed by atoms with Gasteiger partial charge < -0.3 is 9.84 Å². The molecule has 2 rings (SSSR count). The first-order chi connectivity index (χ1) is 10.3. The van der Waals surface area contributed by atoms with Crippen LogP contribution in [-0.2, 0) is 4.79 Å². The molecular formula is C14H13F3N2O3. The Bertz CT molecular complexity index is 628. The second-order valence-corrected chi connectivity index (χ2v) is 4.18. The van der Waals surface area contributed by atoms with Crippen LogP contribution in [0.15, 0.2) is 30.5 Å². The summed E-state index contributed by atoms with van der Waals surface area (Å²) < 4.78 is 39.9. The van der Waals surface area contributed by atoms with Crippen molar-refractivity contribution in [2.75, 3.05) is 0 Å². The fraction of sp³-hybridized carbons (Fsp3) is 0.214. The molecule has 0 unspecified atom stereocenters. The maximum Gasteiger partial charge on any atom is 0.573 e. The van der Waals surface area contributed by atoms with Crippen LogP contribution < -0.4 is 4.74 Å². The predicted octanol–water partition coefficient (Wildman–Crippen LogP) is 3.36. The van der Waals surface area contributed by atoms with Crippen LogP contribution in [0, 0.1) is 13.8 Å². The zero-order valence-corrected chi connectivity index (χ0v) is 11.8. The van der Waals surface area contributed by atoms with Gasteiger partial charge in [0.15, 0.2) is 0 Å². The second-order valence-electron chi connectivity index (χ2n) is 4.18. The molecule has 0 saturated heterocycles. The second kappa shape index (κ2) is 7.39. The number of hydrogen-bond acceptors (Lipinski definition) is 4. The Kier molecular flexibility index (Phi) is 5.85. The number of halogens is 3.